The normalized spacial score (nSPS) is 9.78. The highest BCUT2D eigenvalue weighted by atomic mass is 16.5. The number of benzene rings is 2. The lowest BCUT2D eigenvalue weighted by Gasteiger charge is -2.04. The highest BCUT2D eigenvalue weighted by molar-refractivity contribution is 5.91. The van der Waals surface area contributed by atoms with Crippen LogP contribution < -0.4 is 4.74 Å². The van der Waals surface area contributed by atoms with E-state index in [1.807, 2.05) is 12.1 Å². The minimum absolute atomic E-state index is 0.113. The molecule has 2 aromatic carbocycles. The molecule has 0 aliphatic heterocycles. The van der Waals surface area contributed by atoms with E-state index in [-0.39, 0.29) is 5.75 Å². The summed E-state index contributed by atoms with van der Waals surface area (Å²) in [4.78, 5) is 11.8. The summed E-state index contributed by atoms with van der Waals surface area (Å²) >= 11 is 0. The summed E-state index contributed by atoms with van der Waals surface area (Å²) in [6, 6.07) is 12.9. The third-order valence-electron chi connectivity index (χ3n) is 2.43. The number of rotatable bonds is 3. The van der Waals surface area contributed by atoms with E-state index in [0.717, 1.165) is 5.56 Å². The van der Waals surface area contributed by atoms with E-state index >= 15 is 0 Å². The van der Waals surface area contributed by atoms with E-state index in [4.69, 9.17) is 9.84 Å². The molecule has 0 atom stereocenters. The zero-order valence-corrected chi connectivity index (χ0v) is 9.67. The fraction of sp³-hybridized carbons (Fsp3) is 0. The average Bonchev–Trinajstić information content (AvgIpc) is 2.40. The van der Waals surface area contributed by atoms with E-state index in [2.05, 4.69) is 6.58 Å². The molecule has 1 N–H and O–H groups in total. The van der Waals surface area contributed by atoms with Gasteiger partial charge in [-0.15, -0.1) is 0 Å². The highest BCUT2D eigenvalue weighted by Gasteiger charge is 2.07. The SMILES string of the molecule is C=Cc1ccc(OC(=O)c2ccc(O)cc2)cc1. The molecular formula is C15H12O3. The van der Waals surface area contributed by atoms with Gasteiger partial charge in [-0.25, -0.2) is 4.79 Å². The second-order valence-electron chi connectivity index (χ2n) is 3.71. The summed E-state index contributed by atoms with van der Waals surface area (Å²) in [5.74, 6) is 0.127. The predicted octanol–water partition coefficient (Wildman–Crippen LogP) is 3.25. The number of ether oxygens (including phenoxy) is 1. The van der Waals surface area contributed by atoms with Crippen LogP contribution in [0.25, 0.3) is 6.08 Å². The van der Waals surface area contributed by atoms with Crippen molar-refractivity contribution >= 4 is 12.0 Å². The lowest BCUT2D eigenvalue weighted by molar-refractivity contribution is 0.0735. The van der Waals surface area contributed by atoms with Crippen molar-refractivity contribution in [3.63, 3.8) is 0 Å². The van der Waals surface area contributed by atoms with Crippen LogP contribution in [0.3, 0.4) is 0 Å². The molecule has 0 fully saturated rings. The third-order valence-corrected chi connectivity index (χ3v) is 2.43. The van der Waals surface area contributed by atoms with Crippen LogP contribution >= 0.6 is 0 Å². The van der Waals surface area contributed by atoms with Gasteiger partial charge in [-0.1, -0.05) is 24.8 Å². The van der Waals surface area contributed by atoms with Crippen molar-refractivity contribution in [1.29, 1.82) is 0 Å². The molecule has 0 unspecified atom stereocenters. The second kappa shape index (κ2) is 5.19. The number of esters is 1. The van der Waals surface area contributed by atoms with Crippen LogP contribution in [0, 0.1) is 0 Å². The van der Waals surface area contributed by atoms with Crippen molar-refractivity contribution in [2.45, 2.75) is 0 Å². The fourth-order valence-corrected chi connectivity index (χ4v) is 1.44. The Hall–Kier alpha value is -2.55. The van der Waals surface area contributed by atoms with Crippen molar-refractivity contribution in [2.75, 3.05) is 0 Å². The molecule has 0 saturated carbocycles. The molecule has 3 heteroatoms. The zero-order chi connectivity index (χ0) is 13.0. The van der Waals surface area contributed by atoms with Crippen LogP contribution in [0.4, 0.5) is 0 Å². The van der Waals surface area contributed by atoms with Crippen molar-refractivity contribution in [2.24, 2.45) is 0 Å². The summed E-state index contributed by atoms with van der Waals surface area (Å²) in [6.45, 7) is 3.65. The fourth-order valence-electron chi connectivity index (χ4n) is 1.44. The van der Waals surface area contributed by atoms with Crippen molar-refractivity contribution in [1.82, 2.24) is 0 Å². The molecule has 18 heavy (non-hydrogen) atoms. The van der Waals surface area contributed by atoms with Gasteiger partial charge in [0.05, 0.1) is 5.56 Å². The predicted molar refractivity (Wildman–Crippen MR) is 69.6 cm³/mol. The van der Waals surface area contributed by atoms with Crippen LogP contribution in [0.2, 0.25) is 0 Å². The smallest absolute Gasteiger partial charge is 0.343 e. The van der Waals surface area contributed by atoms with Gasteiger partial charge in [-0.3, -0.25) is 0 Å². The van der Waals surface area contributed by atoms with Gasteiger partial charge in [-0.2, -0.15) is 0 Å². The molecular weight excluding hydrogens is 228 g/mol. The molecule has 0 bridgehead atoms. The maximum atomic E-state index is 11.8. The number of carbonyl (C=O) groups is 1. The van der Waals surface area contributed by atoms with E-state index < -0.39 is 5.97 Å². The Morgan fingerprint density at radius 1 is 1.06 bits per heavy atom. The Balaban J connectivity index is 2.10. The number of phenols is 1. The molecule has 0 aromatic heterocycles. The average molecular weight is 240 g/mol. The Kier molecular flexibility index (Phi) is 3.44. The monoisotopic (exact) mass is 240 g/mol. The first-order valence-electron chi connectivity index (χ1n) is 5.43. The molecule has 0 aliphatic carbocycles. The number of aromatic hydroxyl groups is 1. The first-order valence-corrected chi connectivity index (χ1v) is 5.43. The molecule has 3 nitrogen and oxygen atoms in total. The van der Waals surface area contributed by atoms with Crippen molar-refractivity contribution < 1.29 is 14.6 Å². The van der Waals surface area contributed by atoms with Gasteiger partial charge in [0.1, 0.15) is 11.5 Å². The van der Waals surface area contributed by atoms with Crippen LogP contribution in [-0.2, 0) is 0 Å². The topological polar surface area (TPSA) is 46.5 Å². The molecule has 2 aromatic rings. The van der Waals surface area contributed by atoms with Gasteiger partial charge in [0.15, 0.2) is 0 Å². The molecule has 0 spiro atoms. The Bertz CT molecular complexity index is 553. The summed E-state index contributed by atoms with van der Waals surface area (Å²) in [5, 5.41) is 9.12. The Labute approximate surface area is 105 Å². The maximum absolute atomic E-state index is 11.8. The quantitative estimate of drug-likeness (QED) is 0.661. The van der Waals surface area contributed by atoms with Crippen LogP contribution in [0.1, 0.15) is 15.9 Å². The van der Waals surface area contributed by atoms with E-state index in [0.29, 0.717) is 11.3 Å². The third kappa shape index (κ3) is 2.77. The summed E-state index contributed by atoms with van der Waals surface area (Å²) in [7, 11) is 0. The number of hydrogen-bond donors (Lipinski definition) is 1. The number of hydrogen-bond acceptors (Lipinski definition) is 3. The maximum Gasteiger partial charge on any atom is 0.343 e. The van der Waals surface area contributed by atoms with E-state index in [1.54, 1.807) is 18.2 Å². The Morgan fingerprint density at radius 2 is 1.67 bits per heavy atom. The van der Waals surface area contributed by atoms with Gasteiger partial charge in [0.2, 0.25) is 0 Å². The molecule has 0 saturated heterocycles. The van der Waals surface area contributed by atoms with E-state index in [1.165, 1.54) is 24.3 Å². The largest absolute Gasteiger partial charge is 0.508 e. The second-order valence-corrected chi connectivity index (χ2v) is 3.71. The Morgan fingerprint density at radius 3 is 2.22 bits per heavy atom. The van der Waals surface area contributed by atoms with E-state index in [9.17, 15) is 4.79 Å². The van der Waals surface area contributed by atoms with Crippen LogP contribution in [-0.4, -0.2) is 11.1 Å². The zero-order valence-electron chi connectivity index (χ0n) is 9.67. The van der Waals surface area contributed by atoms with Crippen molar-refractivity contribution in [3.8, 4) is 11.5 Å². The molecule has 2 rings (SSSR count). The highest BCUT2D eigenvalue weighted by Crippen LogP contribution is 2.16. The van der Waals surface area contributed by atoms with Crippen molar-refractivity contribution in [3.05, 3.63) is 66.2 Å². The molecule has 0 aliphatic rings. The summed E-state index contributed by atoms with van der Waals surface area (Å²) in [5.41, 5.74) is 1.35. The first-order chi connectivity index (χ1) is 8.69. The van der Waals surface area contributed by atoms with Gasteiger partial charge in [0, 0.05) is 0 Å². The minimum atomic E-state index is -0.457. The van der Waals surface area contributed by atoms with Gasteiger partial charge < -0.3 is 9.84 Å². The number of phenolic OH excluding ortho intramolecular Hbond substituents is 1. The summed E-state index contributed by atoms with van der Waals surface area (Å²) < 4.78 is 5.18. The van der Waals surface area contributed by atoms with Gasteiger partial charge in [0.25, 0.3) is 0 Å². The lowest BCUT2D eigenvalue weighted by atomic mass is 10.2. The molecule has 0 amide bonds. The minimum Gasteiger partial charge on any atom is -0.508 e. The van der Waals surface area contributed by atoms with Crippen LogP contribution in [0.15, 0.2) is 55.1 Å². The first kappa shape index (κ1) is 11.9. The molecule has 0 radical (unpaired) electrons. The number of carbonyl (C=O) groups excluding carboxylic acids is 1. The lowest BCUT2D eigenvalue weighted by Crippen LogP contribution is -2.07. The van der Waals surface area contributed by atoms with Gasteiger partial charge >= 0.3 is 5.97 Å². The standard InChI is InChI=1S/C15H12O3/c1-2-11-3-9-14(10-4-11)18-15(17)12-5-7-13(16)8-6-12/h2-10,16H,1H2. The van der Waals surface area contributed by atoms with Gasteiger partial charge in [-0.05, 0) is 42.0 Å². The molecule has 0 heterocycles. The summed E-state index contributed by atoms with van der Waals surface area (Å²) in [6.07, 6.45) is 1.71. The van der Waals surface area contributed by atoms with Crippen LogP contribution in [0.5, 0.6) is 11.5 Å². The molecule has 90 valence electrons.